The Labute approximate surface area is 186 Å². The highest BCUT2D eigenvalue weighted by molar-refractivity contribution is 7.14. The van der Waals surface area contributed by atoms with Crippen molar-refractivity contribution in [1.29, 1.82) is 0 Å². The molecule has 2 aromatic heterocycles. The minimum Gasteiger partial charge on any atom is -0.376 e. The van der Waals surface area contributed by atoms with Gasteiger partial charge in [-0.05, 0) is 37.1 Å². The molecular weight excluding hydrogens is 447 g/mol. The molecule has 0 N–H and O–H groups in total. The molecule has 0 spiro atoms. The van der Waals surface area contributed by atoms with Crippen LogP contribution in [0.2, 0.25) is 10.0 Å². The van der Waals surface area contributed by atoms with Gasteiger partial charge in [0, 0.05) is 35.7 Å². The van der Waals surface area contributed by atoms with Crippen LogP contribution in [0.15, 0.2) is 40.5 Å². The zero-order valence-corrected chi connectivity index (χ0v) is 18.4. The molecule has 0 aliphatic carbocycles. The zero-order valence-electron chi connectivity index (χ0n) is 16.0. The number of nitrogens with zero attached hydrogens (tertiary/aromatic N) is 4. The first kappa shape index (κ1) is 21.0. The summed E-state index contributed by atoms with van der Waals surface area (Å²) >= 11 is 13.6. The second-order valence-corrected chi connectivity index (χ2v) is 8.55. The number of hydrogen-bond acceptors (Lipinski definition) is 6. The van der Waals surface area contributed by atoms with Crippen molar-refractivity contribution < 1.29 is 9.53 Å². The SMILES string of the molecule is Cn1nc(C(=O)N(CC2CCCO2)c2nc(-c3ccc(Cl)cc3Cl)cs2)ccc1=O. The molecular formula is C20H18Cl2N4O3S. The highest BCUT2D eigenvalue weighted by Gasteiger charge is 2.28. The summed E-state index contributed by atoms with van der Waals surface area (Å²) in [5.41, 5.74) is 1.26. The molecule has 1 unspecified atom stereocenters. The number of halogens is 2. The Kier molecular flexibility index (Phi) is 6.19. The average Bonchev–Trinajstić information content (AvgIpc) is 3.40. The fraction of sp³-hybridized carbons (Fsp3) is 0.300. The van der Waals surface area contributed by atoms with Gasteiger partial charge in [-0.15, -0.1) is 11.3 Å². The summed E-state index contributed by atoms with van der Waals surface area (Å²) in [4.78, 5) is 31.1. The van der Waals surface area contributed by atoms with Crippen LogP contribution in [-0.4, -0.2) is 39.9 Å². The standard InChI is InChI=1S/C20H18Cl2N4O3S/c1-25-18(27)7-6-16(24-25)19(28)26(10-13-3-2-8-29-13)20-23-17(11-30-20)14-5-4-12(21)9-15(14)22/h4-7,9,11,13H,2-3,8,10H2,1H3. The maximum absolute atomic E-state index is 13.3. The van der Waals surface area contributed by atoms with Crippen LogP contribution in [0.3, 0.4) is 0 Å². The van der Waals surface area contributed by atoms with Crippen molar-refractivity contribution >= 4 is 45.6 Å². The summed E-state index contributed by atoms with van der Waals surface area (Å²) in [6, 6.07) is 7.94. The monoisotopic (exact) mass is 464 g/mol. The third-order valence-electron chi connectivity index (χ3n) is 4.76. The van der Waals surface area contributed by atoms with Crippen LogP contribution >= 0.6 is 34.5 Å². The molecule has 1 amide bonds. The summed E-state index contributed by atoms with van der Waals surface area (Å²) < 4.78 is 6.87. The molecule has 1 fully saturated rings. The number of anilines is 1. The average molecular weight is 465 g/mol. The van der Waals surface area contributed by atoms with Gasteiger partial charge in [0.25, 0.3) is 11.5 Å². The fourth-order valence-corrected chi connectivity index (χ4v) is 4.54. The molecule has 3 aromatic rings. The van der Waals surface area contributed by atoms with Crippen molar-refractivity contribution in [2.45, 2.75) is 18.9 Å². The van der Waals surface area contributed by atoms with Gasteiger partial charge in [0.15, 0.2) is 5.13 Å². The van der Waals surface area contributed by atoms with Crippen LogP contribution in [0.25, 0.3) is 11.3 Å². The van der Waals surface area contributed by atoms with Gasteiger partial charge in [-0.3, -0.25) is 14.5 Å². The highest BCUT2D eigenvalue weighted by Crippen LogP contribution is 2.34. The lowest BCUT2D eigenvalue weighted by molar-refractivity contribution is 0.0911. The quantitative estimate of drug-likeness (QED) is 0.569. The summed E-state index contributed by atoms with van der Waals surface area (Å²) in [6.07, 6.45) is 1.74. The summed E-state index contributed by atoms with van der Waals surface area (Å²) in [5, 5.41) is 7.46. The van der Waals surface area contributed by atoms with E-state index in [4.69, 9.17) is 27.9 Å². The number of carbonyl (C=O) groups excluding carboxylic acids is 1. The molecule has 0 saturated carbocycles. The van der Waals surface area contributed by atoms with Crippen LogP contribution in [-0.2, 0) is 11.8 Å². The molecule has 1 aliphatic rings. The van der Waals surface area contributed by atoms with Gasteiger partial charge in [-0.1, -0.05) is 23.2 Å². The van der Waals surface area contributed by atoms with Gasteiger partial charge in [-0.25, -0.2) is 9.67 Å². The number of ether oxygens (including phenoxy) is 1. The topological polar surface area (TPSA) is 77.3 Å². The molecule has 156 valence electrons. The maximum Gasteiger partial charge on any atom is 0.280 e. The molecule has 1 saturated heterocycles. The predicted molar refractivity (Wildman–Crippen MR) is 118 cm³/mol. The van der Waals surface area contributed by atoms with E-state index < -0.39 is 0 Å². The van der Waals surface area contributed by atoms with Gasteiger partial charge in [0.05, 0.1) is 23.4 Å². The number of aromatic nitrogens is 3. The van der Waals surface area contributed by atoms with Gasteiger partial charge < -0.3 is 4.74 Å². The van der Waals surface area contributed by atoms with Crippen molar-refractivity contribution in [3.63, 3.8) is 0 Å². The largest absolute Gasteiger partial charge is 0.376 e. The van der Waals surface area contributed by atoms with E-state index in [-0.39, 0.29) is 23.3 Å². The molecule has 7 nitrogen and oxygen atoms in total. The fourth-order valence-electron chi connectivity index (χ4n) is 3.20. The van der Waals surface area contributed by atoms with E-state index in [0.717, 1.165) is 23.1 Å². The van der Waals surface area contributed by atoms with Crippen molar-refractivity contribution in [2.24, 2.45) is 7.05 Å². The Morgan fingerprint density at radius 2 is 2.17 bits per heavy atom. The smallest absolute Gasteiger partial charge is 0.280 e. The van der Waals surface area contributed by atoms with E-state index in [9.17, 15) is 9.59 Å². The second-order valence-electron chi connectivity index (χ2n) is 6.87. The lowest BCUT2D eigenvalue weighted by Crippen LogP contribution is -2.38. The predicted octanol–water partition coefficient (Wildman–Crippen LogP) is 4.04. The highest BCUT2D eigenvalue weighted by atomic mass is 35.5. The third kappa shape index (κ3) is 4.41. The van der Waals surface area contributed by atoms with Crippen molar-refractivity contribution in [3.05, 3.63) is 61.8 Å². The third-order valence-corrected chi connectivity index (χ3v) is 6.18. The van der Waals surface area contributed by atoms with Crippen LogP contribution in [0.5, 0.6) is 0 Å². The van der Waals surface area contributed by atoms with Crippen molar-refractivity contribution in [2.75, 3.05) is 18.1 Å². The molecule has 0 bridgehead atoms. The first-order valence-electron chi connectivity index (χ1n) is 9.31. The Bertz CT molecular complexity index is 1140. The number of carbonyl (C=O) groups is 1. The molecule has 3 heterocycles. The Hall–Kier alpha value is -2.26. The van der Waals surface area contributed by atoms with Crippen LogP contribution in [0.4, 0.5) is 5.13 Å². The molecule has 0 radical (unpaired) electrons. The summed E-state index contributed by atoms with van der Waals surface area (Å²) in [5.74, 6) is -0.343. The van der Waals surface area contributed by atoms with E-state index in [1.165, 1.54) is 30.5 Å². The normalized spacial score (nSPS) is 16.0. The van der Waals surface area contributed by atoms with Crippen molar-refractivity contribution in [3.8, 4) is 11.3 Å². The molecule has 30 heavy (non-hydrogen) atoms. The molecule has 4 rings (SSSR count). The lowest BCUT2D eigenvalue weighted by Gasteiger charge is -2.22. The number of thiazole rings is 1. The maximum atomic E-state index is 13.3. The second kappa shape index (κ2) is 8.85. The molecule has 10 heteroatoms. The Morgan fingerprint density at radius 1 is 1.33 bits per heavy atom. The van der Waals surface area contributed by atoms with Gasteiger partial charge >= 0.3 is 0 Å². The number of aryl methyl sites for hydroxylation is 1. The van der Waals surface area contributed by atoms with E-state index in [0.29, 0.717) is 34.0 Å². The van der Waals surface area contributed by atoms with Crippen molar-refractivity contribution in [1.82, 2.24) is 14.8 Å². The first-order chi connectivity index (χ1) is 14.4. The van der Waals surface area contributed by atoms with Crippen LogP contribution in [0, 0.1) is 0 Å². The van der Waals surface area contributed by atoms with Gasteiger partial charge in [0.1, 0.15) is 5.69 Å². The minimum absolute atomic E-state index is 0.0760. The van der Waals surface area contributed by atoms with E-state index in [1.54, 1.807) is 23.1 Å². The zero-order chi connectivity index (χ0) is 21.3. The lowest BCUT2D eigenvalue weighted by atomic mass is 10.2. The number of hydrogen-bond donors (Lipinski definition) is 0. The molecule has 1 aromatic carbocycles. The van der Waals surface area contributed by atoms with Gasteiger partial charge in [0.2, 0.25) is 0 Å². The number of amides is 1. The Morgan fingerprint density at radius 3 is 2.87 bits per heavy atom. The Balaban J connectivity index is 1.69. The van der Waals surface area contributed by atoms with Crippen LogP contribution < -0.4 is 10.5 Å². The molecule has 1 aliphatic heterocycles. The minimum atomic E-state index is -0.343. The summed E-state index contributed by atoms with van der Waals surface area (Å²) in [6.45, 7) is 1.03. The van der Waals surface area contributed by atoms with Crippen LogP contribution in [0.1, 0.15) is 23.3 Å². The van der Waals surface area contributed by atoms with E-state index >= 15 is 0 Å². The number of rotatable bonds is 5. The first-order valence-corrected chi connectivity index (χ1v) is 10.9. The summed E-state index contributed by atoms with van der Waals surface area (Å²) in [7, 11) is 1.51. The van der Waals surface area contributed by atoms with E-state index in [2.05, 4.69) is 10.1 Å². The van der Waals surface area contributed by atoms with E-state index in [1.807, 2.05) is 5.38 Å². The van der Waals surface area contributed by atoms with Gasteiger partial charge in [-0.2, -0.15) is 5.10 Å². The number of benzene rings is 1. The molecule has 1 atom stereocenters.